The number of fused-ring (bicyclic) bond motifs is 3. The Morgan fingerprint density at radius 1 is 0.914 bits per heavy atom. The number of hydrogen-bond donors (Lipinski definition) is 4. The lowest BCUT2D eigenvalue weighted by Gasteiger charge is -2.39. The van der Waals surface area contributed by atoms with Gasteiger partial charge in [-0.05, 0) is 89.5 Å². The SMILES string of the molecule is CN(C)N=Nc1nc[nH]c1C(N)=O.CN1CCc2cccc3c2[C@H]1Cc1ccc(O)c(O)c1-3.COc1ccc(Cc2nccc3cc(OC)c(OC)cc23)cc1OC. The molecule has 15 heteroatoms. The van der Waals surface area contributed by atoms with Crippen LogP contribution in [0.15, 0.2) is 89.6 Å². The first kappa shape index (κ1) is 40.8. The van der Waals surface area contributed by atoms with Gasteiger partial charge in [-0.25, -0.2) is 4.98 Å². The standard InChI is InChI=1S/C20H21NO4.C17H17NO2.C6H10N6O/c1-22-17-6-5-13(10-18(17)23-2)9-16-15-12-20(25-4)19(24-3)11-14(15)7-8-21-16;1-18-8-7-10-3-2-4-12-15(10)13(18)9-11-5-6-14(19)17(20)16(11)12;1-12(2)11-10-6-4(5(7)13)8-3-9-6/h5-8,10-12H,9H2,1-4H3;2-6,13,19-20H,7-9H2,1H3;3H,1-2H3,(H2,7,13)(H,8,9)/t;13-;/m.1./s1. The Hall–Kier alpha value is -6.87. The number of hydrogen-bond acceptors (Lipinski definition) is 12. The first-order valence-corrected chi connectivity index (χ1v) is 18.5. The van der Waals surface area contributed by atoms with Gasteiger partial charge in [0.15, 0.2) is 40.2 Å². The van der Waals surface area contributed by atoms with Crippen LogP contribution in [-0.2, 0) is 19.3 Å². The van der Waals surface area contributed by atoms with Crippen molar-refractivity contribution in [2.24, 2.45) is 16.1 Å². The average Bonchev–Trinajstić information content (AvgIpc) is 3.72. The van der Waals surface area contributed by atoms with Crippen molar-refractivity contribution in [2.75, 3.05) is 56.1 Å². The van der Waals surface area contributed by atoms with E-state index in [9.17, 15) is 15.0 Å². The Bertz CT molecular complexity index is 2450. The van der Waals surface area contributed by atoms with Gasteiger partial charge in [-0.1, -0.05) is 35.6 Å². The van der Waals surface area contributed by atoms with E-state index in [2.05, 4.69) is 55.4 Å². The van der Waals surface area contributed by atoms with Crippen molar-refractivity contribution in [1.82, 2.24) is 24.9 Å². The van der Waals surface area contributed by atoms with Crippen LogP contribution in [0.4, 0.5) is 5.82 Å². The van der Waals surface area contributed by atoms with Crippen LogP contribution in [0.2, 0.25) is 0 Å². The Labute approximate surface area is 336 Å². The maximum Gasteiger partial charge on any atom is 0.269 e. The number of aromatic hydroxyl groups is 2. The second-order valence-electron chi connectivity index (χ2n) is 13.9. The summed E-state index contributed by atoms with van der Waals surface area (Å²) >= 11 is 0. The van der Waals surface area contributed by atoms with Crippen molar-refractivity contribution in [3.63, 3.8) is 0 Å². The number of carbonyl (C=O) groups excluding carboxylic acids is 1. The number of nitrogens with zero attached hydrogens (tertiary/aromatic N) is 6. The number of phenols is 2. The van der Waals surface area contributed by atoms with E-state index in [1.807, 2.05) is 48.7 Å². The summed E-state index contributed by atoms with van der Waals surface area (Å²) in [6, 6.07) is 22.0. The number of rotatable bonds is 9. The van der Waals surface area contributed by atoms with Crippen molar-refractivity contribution in [2.45, 2.75) is 25.3 Å². The number of phenolic OH excluding ortho intramolecular Hbond substituents is 2. The molecule has 8 rings (SSSR count). The molecule has 15 nitrogen and oxygen atoms in total. The van der Waals surface area contributed by atoms with Crippen LogP contribution in [0.1, 0.15) is 44.5 Å². The number of ether oxygens (including phenoxy) is 4. The summed E-state index contributed by atoms with van der Waals surface area (Å²) in [5.74, 6) is 2.38. The number of amides is 1. The largest absolute Gasteiger partial charge is 0.504 e. The molecule has 0 bridgehead atoms. The Morgan fingerprint density at radius 2 is 1.64 bits per heavy atom. The van der Waals surface area contributed by atoms with E-state index in [-0.39, 0.29) is 23.0 Å². The van der Waals surface area contributed by atoms with Crippen molar-refractivity contribution in [3.8, 4) is 45.6 Å². The molecule has 0 saturated carbocycles. The molecule has 2 aromatic heterocycles. The molecule has 0 fully saturated rings. The van der Waals surface area contributed by atoms with E-state index >= 15 is 0 Å². The first-order valence-electron chi connectivity index (χ1n) is 18.5. The number of likely N-dealkylation sites (N-methyl/N-ethyl adjacent to an activating group) is 1. The molecular weight excluding hydrogens is 741 g/mol. The fourth-order valence-electron chi connectivity index (χ4n) is 7.23. The molecular formula is C43H48N8O7. The molecule has 2 aliphatic rings. The molecule has 0 radical (unpaired) electrons. The van der Waals surface area contributed by atoms with Gasteiger partial charge in [0.2, 0.25) is 5.82 Å². The number of methoxy groups -OCH3 is 4. The third-order valence-electron chi connectivity index (χ3n) is 10.1. The van der Waals surface area contributed by atoms with Crippen LogP contribution in [0.5, 0.6) is 34.5 Å². The van der Waals surface area contributed by atoms with E-state index in [1.54, 1.807) is 48.6 Å². The van der Waals surface area contributed by atoms with Gasteiger partial charge in [-0.15, -0.1) is 5.11 Å². The zero-order valence-electron chi connectivity index (χ0n) is 33.6. The zero-order chi connectivity index (χ0) is 41.5. The van der Waals surface area contributed by atoms with Crippen LogP contribution in [0.25, 0.3) is 21.9 Å². The topological polar surface area (TPSA) is 193 Å². The van der Waals surface area contributed by atoms with Crippen LogP contribution in [0, 0.1) is 0 Å². The molecule has 58 heavy (non-hydrogen) atoms. The van der Waals surface area contributed by atoms with Gasteiger partial charge in [-0.2, -0.15) is 0 Å². The number of nitrogens with one attached hydrogen (secondary N) is 1. The third kappa shape index (κ3) is 8.59. The lowest BCUT2D eigenvalue weighted by Crippen LogP contribution is -2.35. The van der Waals surface area contributed by atoms with Crippen LogP contribution >= 0.6 is 0 Å². The highest BCUT2D eigenvalue weighted by molar-refractivity contribution is 5.94. The fraction of sp³-hybridized carbons (Fsp3) is 0.279. The van der Waals surface area contributed by atoms with Crippen molar-refractivity contribution in [3.05, 3.63) is 113 Å². The average molecular weight is 789 g/mol. The summed E-state index contributed by atoms with van der Waals surface area (Å²) in [6.45, 7) is 1.07. The lowest BCUT2D eigenvalue weighted by atomic mass is 9.77. The third-order valence-corrected chi connectivity index (χ3v) is 10.1. The minimum absolute atomic E-state index is 0.0163. The molecule has 1 aliphatic heterocycles. The van der Waals surface area contributed by atoms with Gasteiger partial charge in [0.05, 0.1) is 40.5 Å². The van der Waals surface area contributed by atoms with E-state index in [4.69, 9.17) is 24.7 Å². The molecule has 6 aromatic rings. The second-order valence-corrected chi connectivity index (χ2v) is 13.9. The molecule has 1 atom stereocenters. The van der Waals surface area contributed by atoms with E-state index in [0.29, 0.717) is 35.5 Å². The van der Waals surface area contributed by atoms with E-state index in [1.165, 1.54) is 22.5 Å². The summed E-state index contributed by atoms with van der Waals surface area (Å²) in [5.41, 5.74) is 13.0. The molecule has 1 aliphatic carbocycles. The lowest BCUT2D eigenvalue weighted by molar-refractivity contribution is 0.0996. The van der Waals surface area contributed by atoms with Crippen molar-refractivity contribution >= 4 is 22.5 Å². The maximum absolute atomic E-state index is 10.8. The van der Waals surface area contributed by atoms with Crippen LogP contribution < -0.4 is 24.7 Å². The normalized spacial score (nSPS) is 13.9. The second kappa shape index (κ2) is 17.9. The highest BCUT2D eigenvalue weighted by Crippen LogP contribution is 2.50. The monoisotopic (exact) mass is 788 g/mol. The quantitative estimate of drug-likeness (QED) is 0.0686. The minimum atomic E-state index is -0.606. The molecule has 0 spiro atoms. The minimum Gasteiger partial charge on any atom is -0.504 e. The van der Waals surface area contributed by atoms with Crippen LogP contribution in [-0.4, -0.2) is 97.1 Å². The number of carbonyl (C=O) groups is 1. The number of benzene rings is 4. The highest BCUT2D eigenvalue weighted by atomic mass is 16.5. The number of H-pyrrole nitrogens is 1. The number of pyridine rings is 1. The van der Waals surface area contributed by atoms with E-state index in [0.717, 1.165) is 58.1 Å². The number of primary amides is 1. The zero-order valence-corrected chi connectivity index (χ0v) is 33.6. The number of aromatic nitrogens is 3. The predicted molar refractivity (Wildman–Crippen MR) is 220 cm³/mol. The molecule has 1 amide bonds. The van der Waals surface area contributed by atoms with Crippen molar-refractivity contribution < 1.29 is 34.0 Å². The van der Waals surface area contributed by atoms with Gasteiger partial charge >= 0.3 is 0 Å². The summed E-state index contributed by atoms with van der Waals surface area (Å²) in [6.07, 6.45) is 5.76. The molecule has 5 N–H and O–H groups in total. The number of aromatic amines is 1. The summed E-state index contributed by atoms with van der Waals surface area (Å²) in [4.78, 5) is 24.1. The van der Waals surface area contributed by atoms with Gasteiger partial charge in [-0.3, -0.25) is 19.7 Å². The molecule has 302 valence electrons. The van der Waals surface area contributed by atoms with Gasteiger partial charge in [0.1, 0.15) is 0 Å². The molecule has 3 heterocycles. The first-order chi connectivity index (χ1) is 28.0. The Balaban J connectivity index is 0.000000154. The molecule has 0 saturated heterocycles. The summed E-state index contributed by atoms with van der Waals surface area (Å²) in [5, 5.41) is 31.0. The van der Waals surface area contributed by atoms with Gasteiger partial charge < -0.3 is 39.9 Å². The molecule has 0 unspecified atom stereocenters. The molecule has 4 aromatic carbocycles. The highest BCUT2D eigenvalue weighted by Gasteiger charge is 2.34. The van der Waals surface area contributed by atoms with Gasteiger partial charge in [0.25, 0.3) is 5.91 Å². The maximum atomic E-state index is 10.8. The van der Waals surface area contributed by atoms with Crippen molar-refractivity contribution in [1.29, 1.82) is 0 Å². The fourth-order valence-corrected chi connectivity index (χ4v) is 7.23. The number of nitrogens with two attached hydrogens (primary N) is 1. The van der Waals surface area contributed by atoms with Gasteiger partial charge in [0, 0.05) is 50.2 Å². The van der Waals surface area contributed by atoms with E-state index < -0.39 is 5.91 Å². The summed E-state index contributed by atoms with van der Waals surface area (Å²) < 4.78 is 21.5. The van der Waals surface area contributed by atoms with Crippen LogP contribution in [0.3, 0.4) is 0 Å². The Morgan fingerprint density at radius 3 is 2.34 bits per heavy atom. The smallest absolute Gasteiger partial charge is 0.269 e. The Kier molecular flexibility index (Phi) is 12.6. The predicted octanol–water partition coefficient (Wildman–Crippen LogP) is 6.78. The number of imidazole rings is 1. The summed E-state index contributed by atoms with van der Waals surface area (Å²) in [7, 11) is 12.1.